The summed E-state index contributed by atoms with van der Waals surface area (Å²) in [7, 11) is 0. The molecule has 0 aliphatic heterocycles. The number of phenolic OH excluding ortho intramolecular Hbond substituents is 1. The molecule has 0 aliphatic rings. The first-order valence-corrected chi connectivity index (χ1v) is 7.46. The van der Waals surface area contributed by atoms with Gasteiger partial charge in [-0.15, -0.1) is 0 Å². The van der Waals surface area contributed by atoms with Gasteiger partial charge in [-0.2, -0.15) is 5.10 Å². The van der Waals surface area contributed by atoms with Gasteiger partial charge in [0.25, 0.3) is 5.91 Å². The second-order valence-electron chi connectivity index (χ2n) is 5.05. The van der Waals surface area contributed by atoms with Gasteiger partial charge in [0, 0.05) is 5.56 Å². The fourth-order valence-electron chi connectivity index (χ4n) is 1.91. The summed E-state index contributed by atoms with van der Waals surface area (Å²) in [5.74, 6) is 0.372. The highest BCUT2D eigenvalue weighted by molar-refractivity contribution is 5.86. The van der Waals surface area contributed by atoms with Crippen LogP contribution < -0.4 is 10.2 Å². The van der Waals surface area contributed by atoms with Crippen LogP contribution in [0.4, 0.5) is 0 Å². The van der Waals surface area contributed by atoms with Crippen molar-refractivity contribution in [1.29, 1.82) is 0 Å². The molecule has 120 valence electrons. The molecule has 1 atom stereocenters. The van der Waals surface area contributed by atoms with Crippen LogP contribution in [0, 0.1) is 0 Å². The largest absolute Gasteiger partial charge is 0.507 e. The molecule has 0 heterocycles. The van der Waals surface area contributed by atoms with Gasteiger partial charge in [-0.1, -0.05) is 31.2 Å². The number of rotatable bonds is 6. The molecule has 0 fully saturated rings. The van der Waals surface area contributed by atoms with Crippen molar-refractivity contribution >= 4 is 12.1 Å². The second-order valence-corrected chi connectivity index (χ2v) is 5.05. The van der Waals surface area contributed by atoms with Crippen LogP contribution in [0.15, 0.2) is 53.6 Å². The van der Waals surface area contributed by atoms with E-state index >= 15 is 0 Å². The average molecular weight is 312 g/mol. The van der Waals surface area contributed by atoms with Crippen LogP contribution in [0.1, 0.15) is 25.0 Å². The molecule has 0 aromatic heterocycles. The van der Waals surface area contributed by atoms with E-state index in [0.29, 0.717) is 11.3 Å². The number of hydrazone groups is 1. The molecular formula is C18H20N2O3. The molecular weight excluding hydrogens is 292 g/mol. The van der Waals surface area contributed by atoms with Crippen molar-refractivity contribution in [2.45, 2.75) is 26.4 Å². The molecule has 2 N–H and O–H groups in total. The van der Waals surface area contributed by atoms with Gasteiger partial charge in [-0.25, -0.2) is 5.43 Å². The number of carbonyl (C=O) groups is 1. The van der Waals surface area contributed by atoms with Crippen molar-refractivity contribution in [2.75, 3.05) is 0 Å². The highest BCUT2D eigenvalue weighted by Crippen LogP contribution is 2.14. The lowest BCUT2D eigenvalue weighted by molar-refractivity contribution is -0.127. The molecule has 1 unspecified atom stereocenters. The van der Waals surface area contributed by atoms with Crippen molar-refractivity contribution in [3.63, 3.8) is 0 Å². The van der Waals surface area contributed by atoms with E-state index in [1.165, 1.54) is 11.8 Å². The van der Waals surface area contributed by atoms with Gasteiger partial charge >= 0.3 is 0 Å². The van der Waals surface area contributed by atoms with Gasteiger partial charge in [0.2, 0.25) is 0 Å². The fourth-order valence-corrected chi connectivity index (χ4v) is 1.91. The van der Waals surface area contributed by atoms with E-state index in [9.17, 15) is 9.90 Å². The lowest BCUT2D eigenvalue weighted by Gasteiger charge is -2.13. The zero-order valence-electron chi connectivity index (χ0n) is 13.2. The van der Waals surface area contributed by atoms with Gasteiger partial charge in [-0.3, -0.25) is 4.79 Å². The third-order valence-corrected chi connectivity index (χ3v) is 3.33. The number of hydrogen-bond acceptors (Lipinski definition) is 4. The van der Waals surface area contributed by atoms with Crippen LogP contribution in [0.5, 0.6) is 11.5 Å². The van der Waals surface area contributed by atoms with Gasteiger partial charge in [0.15, 0.2) is 6.10 Å². The number of para-hydroxylation sites is 1. The van der Waals surface area contributed by atoms with E-state index in [4.69, 9.17) is 4.74 Å². The molecule has 5 nitrogen and oxygen atoms in total. The van der Waals surface area contributed by atoms with Crippen LogP contribution in [0.3, 0.4) is 0 Å². The van der Waals surface area contributed by atoms with Gasteiger partial charge in [-0.05, 0) is 43.2 Å². The Kier molecular flexibility index (Phi) is 5.74. The first-order chi connectivity index (χ1) is 11.1. The van der Waals surface area contributed by atoms with Crippen molar-refractivity contribution < 1.29 is 14.6 Å². The quantitative estimate of drug-likeness (QED) is 0.636. The van der Waals surface area contributed by atoms with Gasteiger partial charge in [0.05, 0.1) is 6.21 Å². The van der Waals surface area contributed by atoms with Crippen molar-refractivity contribution in [3.05, 3.63) is 59.7 Å². The Morgan fingerprint density at radius 3 is 2.61 bits per heavy atom. The van der Waals surface area contributed by atoms with E-state index in [0.717, 1.165) is 6.42 Å². The SMILES string of the molecule is CCc1ccc(OC(C)C(=O)N/N=C/c2ccccc2O)cc1. The first-order valence-electron chi connectivity index (χ1n) is 7.46. The molecule has 0 bridgehead atoms. The maximum atomic E-state index is 11.9. The minimum Gasteiger partial charge on any atom is -0.507 e. The van der Waals surface area contributed by atoms with Crippen molar-refractivity contribution in [1.82, 2.24) is 5.43 Å². The molecule has 0 saturated heterocycles. The van der Waals surface area contributed by atoms with Crippen LogP contribution in [-0.4, -0.2) is 23.3 Å². The summed E-state index contributed by atoms with van der Waals surface area (Å²) in [6, 6.07) is 14.4. The summed E-state index contributed by atoms with van der Waals surface area (Å²) in [4.78, 5) is 11.9. The molecule has 0 spiro atoms. The zero-order chi connectivity index (χ0) is 16.7. The van der Waals surface area contributed by atoms with Crippen LogP contribution in [0.25, 0.3) is 0 Å². The monoisotopic (exact) mass is 312 g/mol. The normalized spacial score (nSPS) is 12.1. The van der Waals surface area contributed by atoms with E-state index in [-0.39, 0.29) is 11.7 Å². The Labute approximate surface area is 135 Å². The number of ether oxygens (including phenoxy) is 1. The predicted octanol–water partition coefficient (Wildman–Crippen LogP) is 2.87. The van der Waals surface area contributed by atoms with Crippen LogP contribution >= 0.6 is 0 Å². The lowest BCUT2D eigenvalue weighted by atomic mass is 10.2. The molecule has 5 heteroatoms. The van der Waals surface area contributed by atoms with Crippen molar-refractivity contribution in [2.24, 2.45) is 5.10 Å². The molecule has 1 amide bonds. The van der Waals surface area contributed by atoms with E-state index in [1.807, 2.05) is 24.3 Å². The summed E-state index contributed by atoms with van der Waals surface area (Å²) in [6.07, 6.45) is 1.66. The van der Waals surface area contributed by atoms with Crippen LogP contribution in [0.2, 0.25) is 0 Å². The average Bonchev–Trinajstić information content (AvgIpc) is 2.57. The first kappa shape index (κ1) is 16.5. The minimum absolute atomic E-state index is 0.103. The molecule has 0 aliphatic carbocycles. The summed E-state index contributed by atoms with van der Waals surface area (Å²) < 4.78 is 5.57. The number of benzene rings is 2. The minimum atomic E-state index is -0.677. The second kappa shape index (κ2) is 7.98. The van der Waals surface area contributed by atoms with Gasteiger partial charge < -0.3 is 9.84 Å². The molecule has 0 radical (unpaired) electrons. The van der Waals surface area contributed by atoms with E-state index in [1.54, 1.807) is 31.2 Å². The molecule has 2 aromatic rings. The maximum absolute atomic E-state index is 11.9. The number of phenols is 1. The molecule has 23 heavy (non-hydrogen) atoms. The van der Waals surface area contributed by atoms with Crippen molar-refractivity contribution in [3.8, 4) is 11.5 Å². The molecule has 0 saturated carbocycles. The number of carbonyl (C=O) groups excluding carboxylic acids is 1. The van der Waals surface area contributed by atoms with E-state index < -0.39 is 6.10 Å². The summed E-state index contributed by atoms with van der Waals surface area (Å²) in [5.41, 5.74) is 4.13. The van der Waals surface area contributed by atoms with Gasteiger partial charge in [0.1, 0.15) is 11.5 Å². The Morgan fingerprint density at radius 2 is 1.96 bits per heavy atom. The summed E-state index contributed by atoms with van der Waals surface area (Å²) in [5, 5.41) is 13.4. The third-order valence-electron chi connectivity index (χ3n) is 3.33. The Morgan fingerprint density at radius 1 is 1.26 bits per heavy atom. The summed E-state index contributed by atoms with van der Waals surface area (Å²) in [6.45, 7) is 3.73. The number of amides is 1. The van der Waals surface area contributed by atoms with E-state index in [2.05, 4.69) is 17.5 Å². The zero-order valence-corrected chi connectivity index (χ0v) is 13.2. The number of nitrogens with one attached hydrogen (secondary N) is 1. The maximum Gasteiger partial charge on any atom is 0.280 e. The Balaban J connectivity index is 1.88. The number of nitrogens with zero attached hydrogens (tertiary/aromatic N) is 1. The fraction of sp³-hybridized carbons (Fsp3) is 0.222. The number of aromatic hydroxyl groups is 1. The third kappa shape index (κ3) is 4.85. The Hall–Kier alpha value is -2.82. The predicted molar refractivity (Wildman–Crippen MR) is 89.8 cm³/mol. The smallest absolute Gasteiger partial charge is 0.280 e. The summed E-state index contributed by atoms with van der Waals surface area (Å²) >= 11 is 0. The molecule has 2 rings (SSSR count). The highest BCUT2D eigenvalue weighted by Gasteiger charge is 2.13. The highest BCUT2D eigenvalue weighted by atomic mass is 16.5. The lowest BCUT2D eigenvalue weighted by Crippen LogP contribution is -2.33. The number of hydrogen-bond donors (Lipinski definition) is 2. The van der Waals surface area contributed by atoms with Crippen LogP contribution in [-0.2, 0) is 11.2 Å². The topological polar surface area (TPSA) is 70.9 Å². The number of aryl methyl sites for hydroxylation is 1. The Bertz CT molecular complexity index is 681. The molecule has 2 aromatic carbocycles. The standard InChI is InChI=1S/C18H20N2O3/c1-3-14-8-10-16(11-9-14)23-13(2)18(22)20-19-12-15-6-4-5-7-17(15)21/h4-13,21H,3H2,1-2H3,(H,20,22)/b19-12+.